The Morgan fingerprint density at radius 2 is 2.12 bits per heavy atom. The van der Waals surface area contributed by atoms with Gasteiger partial charge in [-0.05, 0) is 30.9 Å². The predicted molar refractivity (Wildman–Crippen MR) is 66.7 cm³/mol. The third-order valence-corrected chi connectivity index (χ3v) is 3.13. The minimum absolute atomic E-state index is 0.0984. The number of hydrogen-bond donors (Lipinski definition) is 1. The van der Waals surface area contributed by atoms with Crippen LogP contribution in [-0.4, -0.2) is 17.8 Å². The molecule has 1 aromatic carbocycles. The van der Waals surface area contributed by atoms with Gasteiger partial charge in [-0.1, -0.05) is 31.2 Å². The first-order valence-corrected chi connectivity index (χ1v) is 5.49. The van der Waals surface area contributed by atoms with Crippen molar-refractivity contribution < 1.29 is 9.84 Å². The van der Waals surface area contributed by atoms with E-state index in [0.717, 1.165) is 17.7 Å². The molecule has 1 aromatic rings. The Labute approximate surface area is 97.6 Å². The highest BCUT2D eigenvalue weighted by Crippen LogP contribution is 2.26. The van der Waals surface area contributed by atoms with Crippen LogP contribution in [0.15, 0.2) is 36.9 Å². The smallest absolute Gasteiger partial charge is 0.122 e. The lowest BCUT2D eigenvalue weighted by molar-refractivity contribution is 0.0546. The second kappa shape index (κ2) is 5.17. The molecule has 0 amide bonds. The van der Waals surface area contributed by atoms with E-state index in [1.165, 1.54) is 0 Å². The molecule has 2 unspecified atom stereocenters. The van der Waals surface area contributed by atoms with Crippen molar-refractivity contribution >= 4 is 0 Å². The predicted octanol–water partition coefficient (Wildman–Crippen LogP) is 2.81. The molecule has 2 heteroatoms. The fraction of sp³-hybridized carbons (Fsp3) is 0.429. The maximum absolute atomic E-state index is 10.1. The highest BCUT2D eigenvalue weighted by atomic mass is 16.5. The Kier molecular flexibility index (Phi) is 4.13. The minimum atomic E-state index is -0.846. The van der Waals surface area contributed by atoms with Crippen molar-refractivity contribution in [3.8, 4) is 5.75 Å². The second-order valence-corrected chi connectivity index (χ2v) is 4.35. The fourth-order valence-electron chi connectivity index (χ4n) is 1.61. The first kappa shape index (κ1) is 12.8. The molecule has 0 aromatic heterocycles. The van der Waals surface area contributed by atoms with Crippen LogP contribution in [0, 0.1) is 5.92 Å². The van der Waals surface area contributed by atoms with E-state index in [-0.39, 0.29) is 5.92 Å². The number of rotatable bonds is 5. The molecule has 2 nitrogen and oxygen atoms in total. The number of para-hydroxylation sites is 1. The second-order valence-electron chi connectivity index (χ2n) is 4.35. The highest BCUT2D eigenvalue weighted by molar-refractivity contribution is 5.33. The van der Waals surface area contributed by atoms with Crippen LogP contribution in [-0.2, 0) is 6.42 Å². The summed E-state index contributed by atoms with van der Waals surface area (Å²) in [7, 11) is 1.66. The Morgan fingerprint density at radius 1 is 1.50 bits per heavy atom. The molecule has 0 bridgehead atoms. The monoisotopic (exact) mass is 220 g/mol. The van der Waals surface area contributed by atoms with E-state index in [1.54, 1.807) is 20.1 Å². The zero-order chi connectivity index (χ0) is 12.2. The molecule has 0 spiro atoms. The maximum atomic E-state index is 10.1. The first-order valence-electron chi connectivity index (χ1n) is 5.49. The fourth-order valence-corrected chi connectivity index (χ4v) is 1.61. The van der Waals surface area contributed by atoms with E-state index in [1.807, 2.05) is 31.2 Å². The first-order chi connectivity index (χ1) is 7.51. The standard InChI is InChI=1S/C14H20O2/c1-5-14(3,15)11(2)10-12-8-6-7-9-13(12)16-4/h5-9,11,15H,1,10H2,2-4H3. The van der Waals surface area contributed by atoms with Gasteiger partial charge in [-0.3, -0.25) is 0 Å². The third-order valence-electron chi connectivity index (χ3n) is 3.13. The van der Waals surface area contributed by atoms with Crippen molar-refractivity contribution in [1.29, 1.82) is 0 Å². The summed E-state index contributed by atoms with van der Waals surface area (Å²) in [4.78, 5) is 0. The number of hydrogen-bond acceptors (Lipinski definition) is 2. The van der Waals surface area contributed by atoms with Crippen LogP contribution in [0.3, 0.4) is 0 Å². The third kappa shape index (κ3) is 2.86. The van der Waals surface area contributed by atoms with Gasteiger partial charge in [0, 0.05) is 0 Å². The summed E-state index contributed by atoms with van der Waals surface area (Å²) in [6.45, 7) is 7.44. The molecule has 88 valence electrons. The molecule has 0 aliphatic heterocycles. The quantitative estimate of drug-likeness (QED) is 0.773. The van der Waals surface area contributed by atoms with Gasteiger partial charge < -0.3 is 9.84 Å². The van der Waals surface area contributed by atoms with Crippen molar-refractivity contribution in [2.24, 2.45) is 5.92 Å². The van der Waals surface area contributed by atoms with E-state index in [0.29, 0.717) is 0 Å². The molecule has 0 fully saturated rings. The van der Waals surface area contributed by atoms with E-state index in [4.69, 9.17) is 4.74 Å². The molecular weight excluding hydrogens is 200 g/mol. The number of ether oxygens (including phenoxy) is 1. The largest absolute Gasteiger partial charge is 0.496 e. The molecule has 2 atom stereocenters. The topological polar surface area (TPSA) is 29.5 Å². The molecule has 1 rings (SSSR count). The molecule has 0 heterocycles. The van der Waals surface area contributed by atoms with Gasteiger partial charge >= 0.3 is 0 Å². The van der Waals surface area contributed by atoms with Gasteiger partial charge in [-0.25, -0.2) is 0 Å². The number of aliphatic hydroxyl groups is 1. The highest BCUT2D eigenvalue weighted by Gasteiger charge is 2.25. The van der Waals surface area contributed by atoms with Gasteiger partial charge in [-0.15, -0.1) is 6.58 Å². The van der Waals surface area contributed by atoms with Crippen LogP contribution in [0.25, 0.3) is 0 Å². The molecule has 0 aliphatic carbocycles. The van der Waals surface area contributed by atoms with Crippen LogP contribution in [0.5, 0.6) is 5.75 Å². The van der Waals surface area contributed by atoms with Crippen LogP contribution < -0.4 is 4.74 Å². The Bertz CT molecular complexity index is 356. The number of benzene rings is 1. The van der Waals surface area contributed by atoms with Crippen molar-refractivity contribution in [2.75, 3.05) is 7.11 Å². The lowest BCUT2D eigenvalue weighted by Gasteiger charge is -2.27. The molecule has 1 N–H and O–H groups in total. The molecular formula is C14H20O2. The summed E-state index contributed by atoms with van der Waals surface area (Å²) in [5.74, 6) is 0.968. The molecule has 16 heavy (non-hydrogen) atoms. The Hall–Kier alpha value is -1.28. The minimum Gasteiger partial charge on any atom is -0.496 e. The van der Waals surface area contributed by atoms with Gasteiger partial charge in [0.2, 0.25) is 0 Å². The summed E-state index contributed by atoms with van der Waals surface area (Å²) >= 11 is 0. The van der Waals surface area contributed by atoms with E-state index in [2.05, 4.69) is 6.58 Å². The van der Waals surface area contributed by atoms with E-state index >= 15 is 0 Å². The van der Waals surface area contributed by atoms with Crippen LogP contribution in [0.1, 0.15) is 19.4 Å². The van der Waals surface area contributed by atoms with Crippen LogP contribution in [0.2, 0.25) is 0 Å². The van der Waals surface area contributed by atoms with Crippen molar-refractivity contribution in [3.63, 3.8) is 0 Å². The van der Waals surface area contributed by atoms with Crippen LogP contribution in [0.4, 0.5) is 0 Å². The Balaban J connectivity index is 2.84. The lowest BCUT2D eigenvalue weighted by atomic mass is 9.85. The molecule has 0 saturated carbocycles. The maximum Gasteiger partial charge on any atom is 0.122 e. The van der Waals surface area contributed by atoms with Gasteiger partial charge in [0.1, 0.15) is 5.75 Å². The van der Waals surface area contributed by atoms with Gasteiger partial charge in [0.15, 0.2) is 0 Å². The summed E-state index contributed by atoms with van der Waals surface area (Å²) < 4.78 is 5.29. The summed E-state index contributed by atoms with van der Waals surface area (Å²) in [5.41, 5.74) is 0.264. The van der Waals surface area contributed by atoms with Crippen molar-refractivity contribution in [3.05, 3.63) is 42.5 Å². The Morgan fingerprint density at radius 3 is 2.69 bits per heavy atom. The average molecular weight is 220 g/mol. The van der Waals surface area contributed by atoms with Gasteiger partial charge in [0.05, 0.1) is 12.7 Å². The molecule has 0 aliphatic rings. The zero-order valence-corrected chi connectivity index (χ0v) is 10.2. The summed E-state index contributed by atoms with van der Waals surface area (Å²) in [6, 6.07) is 7.88. The normalized spacial score (nSPS) is 16.2. The lowest BCUT2D eigenvalue weighted by Crippen LogP contribution is -2.31. The average Bonchev–Trinajstić information content (AvgIpc) is 2.29. The van der Waals surface area contributed by atoms with Crippen LogP contribution >= 0.6 is 0 Å². The molecule has 0 saturated heterocycles. The van der Waals surface area contributed by atoms with Crippen molar-refractivity contribution in [2.45, 2.75) is 25.9 Å². The zero-order valence-electron chi connectivity index (χ0n) is 10.2. The SMILES string of the molecule is C=CC(C)(O)C(C)Cc1ccccc1OC. The van der Waals surface area contributed by atoms with Crippen molar-refractivity contribution in [1.82, 2.24) is 0 Å². The number of methoxy groups -OCH3 is 1. The summed E-state index contributed by atoms with van der Waals surface area (Å²) in [5, 5.41) is 10.1. The van der Waals surface area contributed by atoms with E-state index in [9.17, 15) is 5.11 Å². The van der Waals surface area contributed by atoms with E-state index < -0.39 is 5.60 Å². The molecule has 0 radical (unpaired) electrons. The summed E-state index contributed by atoms with van der Waals surface area (Å²) in [6.07, 6.45) is 2.36. The van der Waals surface area contributed by atoms with Gasteiger partial charge in [0.25, 0.3) is 0 Å². The van der Waals surface area contributed by atoms with Gasteiger partial charge in [-0.2, -0.15) is 0 Å².